The van der Waals surface area contributed by atoms with Crippen molar-refractivity contribution in [1.29, 1.82) is 0 Å². The molecule has 0 saturated heterocycles. The Hall–Kier alpha value is -3.31. The van der Waals surface area contributed by atoms with Crippen molar-refractivity contribution in [3.8, 4) is 17.2 Å². The molecule has 0 aliphatic heterocycles. The molecule has 3 aromatic carbocycles. The minimum atomic E-state index is -0.431. The van der Waals surface area contributed by atoms with Crippen LogP contribution in [0.15, 0.2) is 71.8 Å². The van der Waals surface area contributed by atoms with Gasteiger partial charge in [0.1, 0.15) is 17.2 Å². The molecule has 0 aromatic heterocycles. The van der Waals surface area contributed by atoms with E-state index in [1.165, 1.54) is 30.0 Å². The van der Waals surface area contributed by atoms with E-state index in [2.05, 4.69) is 43.4 Å². The van der Waals surface area contributed by atoms with Crippen LogP contribution in [0, 0.1) is 0 Å². The van der Waals surface area contributed by atoms with Gasteiger partial charge in [0, 0.05) is 5.56 Å². The first-order chi connectivity index (χ1) is 14.2. The van der Waals surface area contributed by atoms with Crippen molar-refractivity contribution >= 4 is 23.7 Å². The molecule has 3 aromatic rings. The first-order valence-electron chi connectivity index (χ1n) is 9.43. The number of halogens is 1. The molecule has 0 fully saturated rings. The summed E-state index contributed by atoms with van der Waals surface area (Å²) in [6, 6.07) is 19.6. The average molecular weight is 423 g/mol. The SMILES string of the molecule is CC(C)(C)c1ccc(Oc2cccc(C=NNC(=O)c3ccc(O)c(Cl)c3)c2)cc1. The van der Waals surface area contributed by atoms with Crippen LogP contribution in [0.25, 0.3) is 0 Å². The fourth-order valence-electron chi connectivity index (χ4n) is 2.70. The van der Waals surface area contributed by atoms with Crippen LogP contribution in [0.5, 0.6) is 17.2 Å². The molecule has 2 N–H and O–H groups in total. The number of phenolic OH excluding ortho intramolecular Hbond substituents is 1. The Labute approximate surface area is 181 Å². The van der Waals surface area contributed by atoms with Gasteiger partial charge in [0.15, 0.2) is 0 Å². The molecule has 30 heavy (non-hydrogen) atoms. The predicted octanol–water partition coefficient (Wildman–Crippen LogP) is 5.90. The lowest BCUT2D eigenvalue weighted by Crippen LogP contribution is -2.17. The van der Waals surface area contributed by atoms with Crippen LogP contribution < -0.4 is 10.2 Å². The second-order valence-corrected chi connectivity index (χ2v) is 8.22. The third kappa shape index (κ3) is 5.61. The largest absolute Gasteiger partial charge is 0.506 e. The van der Waals surface area contributed by atoms with Gasteiger partial charge in [-0.15, -0.1) is 0 Å². The summed E-state index contributed by atoms with van der Waals surface area (Å²) < 4.78 is 5.92. The van der Waals surface area contributed by atoms with Gasteiger partial charge in [0.05, 0.1) is 11.2 Å². The van der Waals surface area contributed by atoms with Gasteiger partial charge in [-0.25, -0.2) is 5.43 Å². The number of carbonyl (C=O) groups is 1. The van der Waals surface area contributed by atoms with Crippen molar-refractivity contribution in [2.24, 2.45) is 5.10 Å². The summed E-state index contributed by atoms with van der Waals surface area (Å²) in [7, 11) is 0. The van der Waals surface area contributed by atoms with E-state index in [0.29, 0.717) is 11.3 Å². The minimum absolute atomic E-state index is 0.0819. The lowest BCUT2D eigenvalue weighted by atomic mass is 9.87. The van der Waals surface area contributed by atoms with Crippen molar-refractivity contribution in [2.75, 3.05) is 0 Å². The predicted molar refractivity (Wildman–Crippen MR) is 120 cm³/mol. The Morgan fingerprint density at radius 3 is 2.43 bits per heavy atom. The van der Waals surface area contributed by atoms with Crippen LogP contribution in [-0.4, -0.2) is 17.2 Å². The van der Waals surface area contributed by atoms with Gasteiger partial charge in [0.25, 0.3) is 5.91 Å². The molecule has 0 saturated carbocycles. The summed E-state index contributed by atoms with van der Waals surface area (Å²) in [5, 5.41) is 13.5. The number of nitrogens with one attached hydrogen (secondary N) is 1. The molecule has 3 rings (SSSR count). The number of hydrazone groups is 1. The number of nitrogens with zero attached hydrogens (tertiary/aromatic N) is 1. The summed E-state index contributed by atoms with van der Waals surface area (Å²) in [5.41, 5.74) is 4.82. The molecule has 0 bridgehead atoms. The maximum absolute atomic E-state index is 12.1. The van der Waals surface area contributed by atoms with Crippen molar-refractivity contribution in [3.63, 3.8) is 0 Å². The topological polar surface area (TPSA) is 70.9 Å². The van der Waals surface area contributed by atoms with Gasteiger partial charge >= 0.3 is 0 Å². The molecule has 0 radical (unpaired) electrons. The maximum Gasteiger partial charge on any atom is 0.271 e. The number of phenols is 1. The summed E-state index contributed by atoms with van der Waals surface area (Å²) in [6.45, 7) is 6.50. The fourth-order valence-corrected chi connectivity index (χ4v) is 2.88. The molecule has 0 spiro atoms. The molecule has 5 nitrogen and oxygen atoms in total. The number of hydrogen-bond donors (Lipinski definition) is 2. The normalized spacial score (nSPS) is 11.5. The van der Waals surface area contributed by atoms with E-state index in [9.17, 15) is 9.90 Å². The number of aromatic hydroxyl groups is 1. The smallest absolute Gasteiger partial charge is 0.271 e. The van der Waals surface area contributed by atoms with Crippen LogP contribution >= 0.6 is 11.6 Å². The molecule has 1 amide bonds. The van der Waals surface area contributed by atoms with Crippen LogP contribution in [0.3, 0.4) is 0 Å². The zero-order valence-electron chi connectivity index (χ0n) is 17.0. The number of hydrogen-bond acceptors (Lipinski definition) is 4. The highest BCUT2D eigenvalue weighted by molar-refractivity contribution is 6.32. The van der Waals surface area contributed by atoms with E-state index in [1.807, 2.05) is 36.4 Å². The molecule has 0 aliphatic carbocycles. The first-order valence-corrected chi connectivity index (χ1v) is 9.80. The van der Waals surface area contributed by atoms with Crippen molar-refractivity contribution in [1.82, 2.24) is 5.43 Å². The Kier molecular flexibility index (Phi) is 6.43. The summed E-state index contributed by atoms with van der Waals surface area (Å²) >= 11 is 5.82. The van der Waals surface area contributed by atoms with Crippen LogP contribution in [0.1, 0.15) is 42.3 Å². The van der Waals surface area contributed by atoms with Crippen molar-refractivity contribution in [3.05, 3.63) is 88.4 Å². The molecule has 0 heterocycles. The molecule has 6 heteroatoms. The van der Waals surface area contributed by atoms with Gasteiger partial charge < -0.3 is 9.84 Å². The van der Waals surface area contributed by atoms with Crippen LogP contribution in [0.4, 0.5) is 0 Å². The Balaban J connectivity index is 1.63. The standard InChI is InChI=1S/C24H23ClN2O3/c1-24(2,3)18-8-10-19(11-9-18)30-20-6-4-5-16(13-20)15-26-27-23(29)17-7-12-22(28)21(25)14-17/h4-15,28H,1-3H3,(H,27,29). The molecular formula is C24H23ClN2O3. The second-order valence-electron chi connectivity index (χ2n) is 7.81. The summed E-state index contributed by atoms with van der Waals surface area (Å²) in [4.78, 5) is 12.1. The van der Waals surface area contributed by atoms with Crippen molar-refractivity contribution < 1.29 is 14.6 Å². The molecule has 0 unspecified atom stereocenters. The monoisotopic (exact) mass is 422 g/mol. The van der Waals surface area contributed by atoms with Crippen LogP contribution in [-0.2, 0) is 5.41 Å². The highest BCUT2D eigenvalue weighted by Gasteiger charge is 2.13. The molecule has 0 atom stereocenters. The lowest BCUT2D eigenvalue weighted by Gasteiger charge is -2.19. The molecular weight excluding hydrogens is 400 g/mol. The minimum Gasteiger partial charge on any atom is -0.506 e. The Morgan fingerprint density at radius 1 is 1.03 bits per heavy atom. The van der Waals surface area contributed by atoms with Gasteiger partial charge in [-0.3, -0.25) is 4.79 Å². The maximum atomic E-state index is 12.1. The number of rotatable bonds is 5. The van der Waals surface area contributed by atoms with E-state index in [1.54, 1.807) is 0 Å². The Morgan fingerprint density at radius 2 is 1.77 bits per heavy atom. The molecule has 154 valence electrons. The van der Waals surface area contributed by atoms with Gasteiger partial charge in [-0.2, -0.15) is 5.10 Å². The highest BCUT2D eigenvalue weighted by atomic mass is 35.5. The van der Waals surface area contributed by atoms with Crippen molar-refractivity contribution in [2.45, 2.75) is 26.2 Å². The van der Waals surface area contributed by atoms with Gasteiger partial charge in [-0.05, 0) is 59.0 Å². The lowest BCUT2D eigenvalue weighted by molar-refractivity contribution is 0.0955. The van der Waals surface area contributed by atoms with Gasteiger partial charge in [-0.1, -0.05) is 56.6 Å². The fraction of sp³-hybridized carbons (Fsp3) is 0.167. The first kappa shape index (κ1) is 21.4. The third-order valence-corrected chi connectivity index (χ3v) is 4.71. The average Bonchev–Trinajstić information content (AvgIpc) is 2.70. The zero-order valence-corrected chi connectivity index (χ0v) is 17.8. The molecule has 0 aliphatic rings. The van der Waals surface area contributed by atoms with E-state index in [-0.39, 0.29) is 16.2 Å². The van der Waals surface area contributed by atoms with E-state index in [4.69, 9.17) is 16.3 Å². The van der Waals surface area contributed by atoms with E-state index in [0.717, 1.165) is 11.3 Å². The highest BCUT2D eigenvalue weighted by Crippen LogP contribution is 2.27. The third-order valence-electron chi connectivity index (χ3n) is 4.40. The Bertz CT molecular complexity index is 1070. The van der Waals surface area contributed by atoms with E-state index < -0.39 is 5.91 Å². The number of ether oxygens (including phenoxy) is 1. The van der Waals surface area contributed by atoms with Gasteiger partial charge in [0.2, 0.25) is 0 Å². The van der Waals surface area contributed by atoms with Crippen LogP contribution in [0.2, 0.25) is 5.02 Å². The second kappa shape index (κ2) is 9.01. The quantitative estimate of drug-likeness (QED) is 0.397. The van der Waals surface area contributed by atoms with E-state index >= 15 is 0 Å². The zero-order chi connectivity index (χ0) is 21.7. The summed E-state index contributed by atoms with van der Waals surface area (Å²) in [5.74, 6) is 0.898. The number of benzene rings is 3. The number of carbonyl (C=O) groups excluding carboxylic acids is 1. The summed E-state index contributed by atoms with van der Waals surface area (Å²) in [6.07, 6.45) is 1.52. The number of amides is 1.